The highest BCUT2D eigenvalue weighted by Gasteiger charge is 2.77. The first-order valence-corrected chi connectivity index (χ1v) is 11.9. The fourth-order valence-corrected chi connectivity index (χ4v) is 4.01. The van der Waals surface area contributed by atoms with Gasteiger partial charge in [0.1, 0.15) is 11.6 Å². The first kappa shape index (κ1) is 33.6. The average Bonchev–Trinajstić information content (AvgIpc) is 3.18. The van der Waals surface area contributed by atoms with Crippen LogP contribution in [0.4, 0.5) is 35.5 Å². The molecule has 1 heterocycles. The molecule has 220 valence electrons. The predicted octanol–water partition coefficient (Wildman–Crippen LogP) is 4.07. The van der Waals surface area contributed by atoms with Crippen LogP contribution in [0.2, 0.25) is 0 Å². The number of Topliss-reactive ketones (excluding diaryl/α,β-unsaturated/α-hetero) is 1. The number of halogens is 7. The van der Waals surface area contributed by atoms with Gasteiger partial charge >= 0.3 is 24.1 Å². The van der Waals surface area contributed by atoms with Gasteiger partial charge in [-0.05, 0) is 52.0 Å². The van der Waals surface area contributed by atoms with Gasteiger partial charge < -0.3 is 10.1 Å². The van der Waals surface area contributed by atoms with E-state index in [1.165, 1.54) is 0 Å². The van der Waals surface area contributed by atoms with Crippen LogP contribution in [0.15, 0.2) is 0 Å². The maximum atomic E-state index is 14.3. The second-order valence-electron chi connectivity index (χ2n) is 10.8. The quantitative estimate of drug-likeness (QED) is 0.409. The predicted molar refractivity (Wildman–Crippen MR) is 120 cm³/mol. The van der Waals surface area contributed by atoms with E-state index < -0.39 is 77.3 Å². The van der Waals surface area contributed by atoms with Gasteiger partial charge in [-0.2, -0.15) is 30.7 Å². The Morgan fingerprint density at radius 1 is 0.895 bits per heavy atom. The SMILES string of the molecule is CC(C)C(C(=O)C(F)(F)C(F)(F)C(F)(F)F)N1CCC[C@H]1C(=O)NC(=O)[C@@H](NC(=O)OC(C)(C)C)C(C)C. The minimum atomic E-state index is -6.70. The summed E-state index contributed by atoms with van der Waals surface area (Å²) in [6, 6.07) is -4.92. The highest BCUT2D eigenvalue weighted by Crippen LogP contribution is 2.48. The number of amides is 3. The molecular formula is C23H34F7N3O5. The Morgan fingerprint density at radius 3 is 1.84 bits per heavy atom. The summed E-state index contributed by atoms with van der Waals surface area (Å²) in [5.74, 6) is -19.3. The van der Waals surface area contributed by atoms with Gasteiger partial charge in [-0.3, -0.25) is 24.6 Å². The molecule has 0 aliphatic carbocycles. The number of rotatable bonds is 9. The monoisotopic (exact) mass is 565 g/mol. The van der Waals surface area contributed by atoms with Crippen LogP contribution >= 0.6 is 0 Å². The van der Waals surface area contributed by atoms with Crippen LogP contribution in [0.5, 0.6) is 0 Å². The zero-order valence-electron chi connectivity index (χ0n) is 22.1. The molecule has 1 saturated heterocycles. The zero-order valence-corrected chi connectivity index (χ0v) is 22.1. The Labute approximate surface area is 216 Å². The van der Waals surface area contributed by atoms with E-state index in [-0.39, 0.29) is 19.4 Å². The van der Waals surface area contributed by atoms with Gasteiger partial charge in [0.25, 0.3) is 0 Å². The molecule has 1 aliphatic rings. The van der Waals surface area contributed by atoms with Crippen LogP contribution in [-0.2, 0) is 19.1 Å². The molecule has 2 N–H and O–H groups in total. The normalized spacial score (nSPS) is 19.3. The van der Waals surface area contributed by atoms with Crippen molar-refractivity contribution < 1.29 is 54.6 Å². The van der Waals surface area contributed by atoms with Crippen LogP contribution in [-0.4, -0.2) is 76.9 Å². The number of nitrogens with one attached hydrogen (secondary N) is 2. The summed E-state index contributed by atoms with van der Waals surface area (Å²) < 4.78 is 98.8. The lowest BCUT2D eigenvalue weighted by Crippen LogP contribution is -2.63. The Kier molecular flexibility index (Phi) is 10.4. The zero-order chi connectivity index (χ0) is 30.0. The molecule has 0 radical (unpaired) electrons. The molecule has 3 amide bonds. The topological polar surface area (TPSA) is 105 Å². The maximum absolute atomic E-state index is 14.3. The van der Waals surface area contributed by atoms with E-state index in [4.69, 9.17) is 4.74 Å². The maximum Gasteiger partial charge on any atom is 0.460 e. The largest absolute Gasteiger partial charge is 0.460 e. The third kappa shape index (κ3) is 7.56. The number of alkyl halides is 7. The number of likely N-dealkylation sites (tertiary alicyclic amines) is 1. The first-order valence-electron chi connectivity index (χ1n) is 11.9. The molecule has 1 rings (SSSR count). The van der Waals surface area contributed by atoms with Crippen molar-refractivity contribution in [3.05, 3.63) is 0 Å². The Balaban J connectivity index is 3.17. The van der Waals surface area contributed by atoms with E-state index in [0.717, 1.165) is 18.7 Å². The number of nitrogens with zero attached hydrogens (tertiary/aromatic N) is 1. The molecule has 1 unspecified atom stereocenters. The van der Waals surface area contributed by atoms with Crippen molar-refractivity contribution in [3.63, 3.8) is 0 Å². The van der Waals surface area contributed by atoms with E-state index >= 15 is 0 Å². The summed E-state index contributed by atoms with van der Waals surface area (Å²) in [7, 11) is 0. The number of alkyl carbamates (subject to hydrolysis) is 1. The van der Waals surface area contributed by atoms with Crippen LogP contribution < -0.4 is 10.6 Å². The summed E-state index contributed by atoms with van der Waals surface area (Å²) in [4.78, 5) is 51.1. The van der Waals surface area contributed by atoms with Gasteiger partial charge in [0.05, 0.1) is 12.1 Å². The second kappa shape index (κ2) is 11.7. The smallest absolute Gasteiger partial charge is 0.444 e. The van der Waals surface area contributed by atoms with Gasteiger partial charge in [0.2, 0.25) is 17.6 Å². The standard InChI is InChI=1S/C23H34F7N3O5/c1-11(2)14(31-19(37)38-20(5,6)7)18(36)32-17(35)13-9-8-10-33(13)15(12(3)4)16(34)21(24,25)22(26,27)23(28,29)30/h11-15H,8-10H2,1-7H3,(H,31,37)(H,32,35,36)/t13-,14-,15?/m0/s1. The number of carbonyl (C=O) groups is 4. The number of imide groups is 1. The molecular weight excluding hydrogens is 531 g/mol. The minimum absolute atomic E-state index is 0.0946. The third-order valence-corrected chi connectivity index (χ3v) is 5.78. The number of hydrogen-bond donors (Lipinski definition) is 2. The molecule has 0 spiro atoms. The molecule has 1 aliphatic heterocycles. The summed E-state index contributed by atoms with van der Waals surface area (Å²) in [6.07, 6.45) is -7.65. The molecule has 0 aromatic rings. The molecule has 38 heavy (non-hydrogen) atoms. The van der Waals surface area contributed by atoms with Crippen molar-refractivity contribution in [2.75, 3.05) is 6.54 Å². The molecule has 0 bridgehead atoms. The van der Waals surface area contributed by atoms with Crippen molar-refractivity contribution in [1.82, 2.24) is 15.5 Å². The van der Waals surface area contributed by atoms with Gasteiger partial charge in [0, 0.05) is 0 Å². The van der Waals surface area contributed by atoms with E-state index in [0.29, 0.717) is 0 Å². The average molecular weight is 566 g/mol. The van der Waals surface area contributed by atoms with Crippen molar-refractivity contribution in [1.29, 1.82) is 0 Å². The lowest BCUT2D eigenvalue weighted by atomic mass is 9.90. The molecule has 0 aromatic carbocycles. The third-order valence-electron chi connectivity index (χ3n) is 5.78. The van der Waals surface area contributed by atoms with Gasteiger partial charge in [-0.15, -0.1) is 0 Å². The highest BCUT2D eigenvalue weighted by molar-refractivity contribution is 6.01. The molecule has 1 fully saturated rings. The number of hydrogen-bond acceptors (Lipinski definition) is 6. The van der Waals surface area contributed by atoms with Gasteiger partial charge in [-0.25, -0.2) is 4.79 Å². The van der Waals surface area contributed by atoms with Crippen molar-refractivity contribution in [2.45, 2.75) is 103 Å². The number of carbonyl (C=O) groups excluding carboxylic acids is 4. The van der Waals surface area contributed by atoms with Crippen LogP contribution in [0.3, 0.4) is 0 Å². The molecule has 0 saturated carbocycles. The Morgan fingerprint density at radius 2 is 1.42 bits per heavy atom. The van der Waals surface area contributed by atoms with Gasteiger partial charge in [-0.1, -0.05) is 27.7 Å². The Hall–Kier alpha value is -2.45. The lowest BCUT2D eigenvalue weighted by molar-refractivity contribution is -0.344. The fraction of sp³-hybridized carbons (Fsp3) is 0.826. The van der Waals surface area contributed by atoms with E-state index in [9.17, 15) is 49.9 Å². The summed E-state index contributed by atoms with van der Waals surface area (Å²) in [5.41, 5.74) is -0.897. The minimum Gasteiger partial charge on any atom is -0.444 e. The number of ketones is 1. The first-order chi connectivity index (χ1) is 17.0. The molecule has 15 heteroatoms. The van der Waals surface area contributed by atoms with Crippen LogP contribution in [0.1, 0.15) is 61.3 Å². The summed E-state index contributed by atoms with van der Waals surface area (Å²) in [6.45, 7) is 9.89. The van der Waals surface area contributed by atoms with Crippen molar-refractivity contribution in [2.24, 2.45) is 11.8 Å². The van der Waals surface area contributed by atoms with Crippen LogP contribution in [0.25, 0.3) is 0 Å². The van der Waals surface area contributed by atoms with Crippen molar-refractivity contribution in [3.8, 4) is 0 Å². The molecule has 8 nitrogen and oxygen atoms in total. The molecule has 3 atom stereocenters. The summed E-state index contributed by atoms with van der Waals surface area (Å²) >= 11 is 0. The van der Waals surface area contributed by atoms with E-state index in [2.05, 4.69) is 5.32 Å². The van der Waals surface area contributed by atoms with E-state index in [1.807, 2.05) is 5.32 Å². The molecule has 0 aromatic heterocycles. The van der Waals surface area contributed by atoms with Gasteiger partial charge in [0.15, 0.2) is 0 Å². The Bertz CT molecular complexity index is 901. The summed E-state index contributed by atoms with van der Waals surface area (Å²) in [5, 5.41) is 4.32. The lowest BCUT2D eigenvalue weighted by Gasteiger charge is -2.37. The fourth-order valence-electron chi connectivity index (χ4n) is 4.01. The number of ether oxygens (including phenoxy) is 1. The van der Waals surface area contributed by atoms with Crippen LogP contribution in [0, 0.1) is 11.8 Å². The second-order valence-corrected chi connectivity index (χ2v) is 10.8. The van der Waals surface area contributed by atoms with E-state index in [1.54, 1.807) is 34.6 Å². The van der Waals surface area contributed by atoms with Crippen molar-refractivity contribution >= 4 is 23.7 Å². The highest BCUT2D eigenvalue weighted by atomic mass is 19.4.